The molecule has 0 radical (unpaired) electrons. The van der Waals surface area contributed by atoms with Crippen LogP contribution >= 0.6 is 11.3 Å². The first-order valence-corrected chi connectivity index (χ1v) is 10.6. The largest absolute Gasteiger partial charge is 0.477 e. The number of carboxylic acids is 1. The van der Waals surface area contributed by atoms with Gasteiger partial charge in [0.25, 0.3) is 0 Å². The molecule has 0 bridgehead atoms. The van der Waals surface area contributed by atoms with E-state index >= 15 is 0 Å². The fourth-order valence-corrected chi connectivity index (χ4v) is 5.57. The Hall–Kier alpha value is -2.44. The van der Waals surface area contributed by atoms with Crippen molar-refractivity contribution in [2.75, 3.05) is 7.05 Å². The Balaban J connectivity index is 1.68. The van der Waals surface area contributed by atoms with Crippen molar-refractivity contribution < 1.29 is 9.90 Å². The lowest BCUT2D eigenvalue weighted by Crippen LogP contribution is -2.19. The molecule has 0 amide bonds. The average molecular weight is 394 g/mol. The van der Waals surface area contributed by atoms with Gasteiger partial charge in [-0.3, -0.25) is 4.79 Å². The smallest absolute Gasteiger partial charge is 0.341 e. The van der Waals surface area contributed by atoms with Gasteiger partial charge in [0, 0.05) is 33.4 Å². The standard InChI is InChI=1S/C22H22N2O3S/c1-23-17-3-2-4-19-15(17)10-20(28-19)12-5-8-14-18(9-12)24(13-6-7-13)11-16(21(14)25)22(26)27/h5,8-11,13,17,23H,2-4,6-7H2,1H3,(H,26,27). The van der Waals surface area contributed by atoms with E-state index in [9.17, 15) is 14.7 Å². The molecule has 28 heavy (non-hydrogen) atoms. The van der Waals surface area contributed by atoms with E-state index < -0.39 is 11.4 Å². The zero-order chi connectivity index (χ0) is 19.4. The number of carboxylic acid groups (broad SMARTS) is 1. The highest BCUT2D eigenvalue weighted by Crippen LogP contribution is 2.41. The Bertz CT molecular complexity index is 1160. The summed E-state index contributed by atoms with van der Waals surface area (Å²) in [6.45, 7) is 0. The summed E-state index contributed by atoms with van der Waals surface area (Å²) < 4.78 is 1.99. The first-order valence-electron chi connectivity index (χ1n) is 9.79. The number of hydrogen-bond acceptors (Lipinski definition) is 4. The zero-order valence-electron chi connectivity index (χ0n) is 15.7. The van der Waals surface area contributed by atoms with Crippen LogP contribution in [0, 0.1) is 0 Å². The van der Waals surface area contributed by atoms with Crippen LogP contribution in [-0.2, 0) is 6.42 Å². The minimum atomic E-state index is -1.16. The fourth-order valence-electron chi connectivity index (χ4n) is 4.31. The number of carbonyl (C=O) groups is 1. The number of hydrogen-bond donors (Lipinski definition) is 2. The van der Waals surface area contributed by atoms with Gasteiger partial charge in [0.2, 0.25) is 5.43 Å². The van der Waals surface area contributed by atoms with Gasteiger partial charge in [0.05, 0.1) is 5.52 Å². The Labute approximate surface area is 166 Å². The monoisotopic (exact) mass is 394 g/mol. The average Bonchev–Trinajstić information content (AvgIpc) is 3.44. The van der Waals surface area contributed by atoms with Gasteiger partial charge in [0.15, 0.2) is 0 Å². The van der Waals surface area contributed by atoms with Gasteiger partial charge < -0.3 is 15.0 Å². The molecule has 3 aromatic rings. The summed E-state index contributed by atoms with van der Waals surface area (Å²) in [6.07, 6.45) is 7.08. The van der Waals surface area contributed by atoms with Gasteiger partial charge in [0.1, 0.15) is 5.56 Å². The summed E-state index contributed by atoms with van der Waals surface area (Å²) in [7, 11) is 2.02. The van der Waals surface area contributed by atoms with E-state index in [-0.39, 0.29) is 5.56 Å². The van der Waals surface area contributed by atoms with E-state index in [1.807, 2.05) is 29.0 Å². The summed E-state index contributed by atoms with van der Waals surface area (Å²) in [5.74, 6) is -1.16. The first-order chi connectivity index (χ1) is 13.6. The highest BCUT2D eigenvalue weighted by molar-refractivity contribution is 7.15. The molecule has 6 heteroatoms. The predicted octanol–water partition coefficient (Wildman–Crippen LogP) is 4.36. The molecule has 1 aromatic carbocycles. The molecule has 2 N–H and O–H groups in total. The van der Waals surface area contributed by atoms with Crippen LogP contribution in [0.4, 0.5) is 0 Å². The number of thiophene rings is 1. The maximum absolute atomic E-state index is 12.7. The second-order valence-electron chi connectivity index (χ2n) is 7.77. The maximum atomic E-state index is 12.7. The van der Waals surface area contributed by atoms with E-state index in [2.05, 4.69) is 17.4 Å². The normalized spacial score (nSPS) is 19.0. The Morgan fingerprint density at radius 3 is 2.79 bits per heavy atom. The van der Waals surface area contributed by atoms with Gasteiger partial charge in [-0.1, -0.05) is 6.07 Å². The molecular formula is C22H22N2O3S. The minimum absolute atomic E-state index is 0.143. The van der Waals surface area contributed by atoms with Gasteiger partial charge in [-0.2, -0.15) is 0 Å². The molecule has 1 saturated carbocycles. The molecule has 1 unspecified atom stereocenters. The summed E-state index contributed by atoms with van der Waals surface area (Å²) in [5, 5.41) is 13.3. The number of aromatic nitrogens is 1. The van der Waals surface area contributed by atoms with Crippen molar-refractivity contribution in [2.24, 2.45) is 0 Å². The number of rotatable bonds is 4. The number of aryl methyl sites for hydroxylation is 1. The fraction of sp³-hybridized carbons (Fsp3) is 0.364. The van der Waals surface area contributed by atoms with Crippen molar-refractivity contribution in [3.05, 3.63) is 56.7 Å². The van der Waals surface area contributed by atoms with Crippen molar-refractivity contribution in [1.82, 2.24) is 9.88 Å². The molecule has 2 aliphatic rings. The van der Waals surface area contributed by atoms with Crippen LogP contribution in [0.1, 0.15) is 58.6 Å². The number of nitrogens with one attached hydrogen (secondary N) is 1. The SMILES string of the molecule is CNC1CCCc2sc(-c3ccc4c(=O)c(C(=O)O)cn(C5CC5)c4c3)cc21. The number of pyridine rings is 1. The topological polar surface area (TPSA) is 71.3 Å². The molecule has 5 rings (SSSR count). The van der Waals surface area contributed by atoms with Crippen LogP contribution in [0.2, 0.25) is 0 Å². The third-order valence-corrected chi connectivity index (χ3v) is 7.21. The Morgan fingerprint density at radius 1 is 1.25 bits per heavy atom. The minimum Gasteiger partial charge on any atom is -0.477 e. The third-order valence-electron chi connectivity index (χ3n) is 5.95. The van der Waals surface area contributed by atoms with Crippen molar-refractivity contribution in [1.29, 1.82) is 0 Å². The van der Waals surface area contributed by atoms with E-state index in [4.69, 9.17) is 0 Å². The van der Waals surface area contributed by atoms with Gasteiger partial charge in [-0.25, -0.2) is 4.79 Å². The number of nitrogens with zero attached hydrogens (tertiary/aromatic N) is 1. The highest BCUT2D eigenvalue weighted by Gasteiger charge is 2.27. The zero-order valence-corrected chi connectivity index (χ0v) is 16.5. The van der Waals surface area contributed by atoms with Gasteiger partial charge in [-0.05, 0) is 68.5 Å². The Kier molecular flexibility index (Phi) is 4.14. The molecule has 2 aliphatic carbocycles. The van der Waals surface area contributed by atoms with E-state index in [1.54, 1.807) is 6.07 Å². The van der Waals surface area contributed by atoms with Crippen LogP contribution < -0.4 is 10.7 Å². The van der Waals surface area contributed by atoms with E-state index in [1.165, 1.54) is 27.9 Å². The molecule has 0 saturated heterocycles. The van der Waals surface area contributed by atoms with Crippen LogP contribution in [0.25, 0.3) is 21.3 Å². The van der Waals surface area contributed by atoms with Crippen molar-refractivity contribution in [3.63, 3.8) is 0 Å². The molecular weight excluding hydrogens is 372 g/mol. The lowest BCUT2D eigenvalue weighted by Gasteiger charge is -2.21. The second kappa shape index (κ2) is 6.57. The molecule has 0 spiro atoms. The summed E-state index contributed by atoms with van der Waals surface area (Å²) in [4.78, 5) is 26.8. The lowest BCUT2D eigenvalue weighted by atomic mass is 9.93. The summed E-state index contributed by atoms with van der Waals surface area (Å²) in [5.41, 5.74) is 2.79. The number of benzene rings is 1. The molecule has 5 nitrogen and oxygen atoms in total. The van der Waals surface area contributed by atoms with E-state index in [0.29, 0.717) is 17.5 Å². The summed E-state index contributed by atoms with van der Waals surface area (Å²) in [6, 6.07) is 8.81. The lowest BCUT2D eigenvalue weighted by molar-refractivity contribution is 0.0695. The quantitative estimate of drug-likeness (QED) is 0.690. The molecule has 2 aromatic heterocycles. The van der Waals surface area contributed by atoms with Crippen molar-refractivity contribution >= 4 is 28.2 Å². The van der Waals surface area contributed by atoms with Gasteiger partial charge >= 0.3 is 5.97 Å². The van der Waals surface area contributed by atoms with Crippen molar-refractivity contribution in [3.8, 4) is 10.4 Å². The van der Waals surface area contributed by atoms with E-state index in [0.717, 1.165) is 36.8 Å². The molecule has 2 heterocycles. The third kappa shape index (κ3) is 2.79. The number of aromatic carboxylic acids is 1. The van der Waals surface area contributed by atoms with Crippen LogP contribution in [0.15, 0.2) is 35.3 Å². The van der Waals surface area contributed by atoms with Crippen LogP contribution in [0.3, 0.4) is 0 Å². The molecule has 0 aliphatic heterocycles. The molecule has 1 fully saturated rings. The summed E-state index contributed by atoms with van der Waals surface area (Å²) >= 11 is 1.84. The molecule has 1 atom stereocenters. The van der Waals surface area contributed by atoms with Crippen LogP contribution in [-0.4, -0.2) is 22.7 Å². The Morgan fingerprint density at radius 2 is 2.07 bits per heavy atom. The maximum Gasteiger partial charge on any atom is 0.341 e. The van der Waals surface area contributed by atoms with Crippen LogP contribution in [0.5, 0.6) is 0 Å². The number of fused-ring (bicyclic) bond motifs is 2. The second-order valence-corrected chi connectivity index (χ2v) is 8.91. The van der Waals surface area contributed by atoms with Crippen molar-refractivity contribution in [2.45, 2.75) is 44.2 Å². The van der Waals surface area contributed by atoms with Gasteiger partial charge in [-0.15, -0.1) is 11.3 Å². The highest BCUT2D eigenvalue weighted by atomic mass is 32.1. The first kappa shape index (κ1) is 17.6. The predicted molar refractivity (Wildman–Crippen MR) is 111 cm³/mol. The molecule has 144 valence electrons.